The van der Waals surface area contributed by atoms with Gasteiger partial charge in [-0.2, -0.15) is 0 Å². The van der Waals surface area contributed by atoms with Gasteiger partial charge in [0.1, 0.15) is 11.6 Å². The maximum atomic E-state index is 13.1. The second-order valence-corrected chi connectivity index (χ2v) is 6.18. The molecule has 4 N–H and O–H groups in total. The average molecular weight is 310 g/mol. The van der Waals surface area contributed by atoms with Crippen molar-refractivity contribution in [3.63, 3.8) is 0 Å². The van der Waals surface area contributed by atoms with Gasteiger partial charge in [-0.25, -0.2) is 17.9 Å². The number of hydrogen-bond donors (Lipinski definition) is 3. The van der Waals surface area contributed by atoms with Crippen LogP contribution in [0.3, 0.4) is 0 Å². The third-order valence-corrected chi connectivity index (χ3v) is 4.07. The van der Waals surface area contributed by atoms with E-state index in [4.69, 9.17) is 5.14 Å². The topological polar surface area (TPSA) is 92.4 Å². The molecular formula is C14H15FN2O3S. The lowest BCUT2D eigenvalue weighted by atomic mass is 10.2. The minimum Gasteiger partial charge on any atom is -0.508 e. The van der Waals surface area contributed by atoms with Crippen molar-refractivity contribution < 1.29 is 17.9 Å². The molecule has 0 spiro atoms. The summed E-state index contributed by atoms with van der Waals surface area (Å²) < 4.78 is 36.0. The third-order valence-electron chi connectivity index (χ3n) is 3.02. The zero-order valence-corrected chi connectivity index (χ0v) is 12.1. The van der Waals surface area contributed by atoms with E-state index in [-0.39, 0.29) is 17.2 Å². The van der Waals surface area contributed by atoms with Crippen molar-refractivity contribution in [2.24, 2.45) is 5.14 Å². The molecule has 0 amide bonds. The molecule has 0 unspecified atom stereocenters. The molecule has 7 heteroatoms. The molecule has 0 atom stereocenters. The van der Waals surface area contributed by atoms with Crippen LogP contribution in [-0.4, -0.2) is 13.5 Å². The molecule has 0 bridgehead atoms. The predicted molar refractivity (Wildman–Crippen MR) is 77.9 cm³/mol. The fourth-order valence-electron chi connectivity index (χ4n) is 1.91. The van der Waals surface area contributed by atoms with E-state index in [0.29, 0.717) is 16.8 Å². The van der Waals surface area contributed by atoms with Crippen molar-refractivity contribution in [2.75, 3.05) is 5.32 Å². The van der Waals surface area contributed by atoms with Gasteiger partial charge < -0.3 is 10.4 Å². The number of nitrogens with two attached hydrogens (primary N) is 1. The molecule has 5 nitrogen and oxygen atoms in total. The van der Waals surface area contributed by atoms with Gasteiger partial charge in [0, 0.05) is 17.8 Å². The molecule has 0 saturated heterocycles. The number of primary sulfonamides is 1. The summed E-state index contributed by atoms with van der Waals surface area (Å²) in [7, 11) is -3.80. The summed E-state index contributed by atoms with van der Waals surface area (Å²) in [5, 5.41) is 17.7. The number of benzene rings is 2. The second kappa shape index (κ2) is 5.71. The van der Waals surface area contributed by atoms with Crippen molar-refractivity contribution in [1.29, 1.82) is 0 Å². The van der Waals surface area contributed by atoms with Crippen LogP contribution in [0.25, 0.3) is 0 Å². The van der Waals surface area contributed by atoms with E-state index < -0.39 is 15.8 Å². The lowest BCUT2D eigenvalue weighted by Crippen LogP contribution is -2.14. The zero-order valence-electron chi connectivity index (χ0n) is 11.3. The van der Waals surface area contributed by atoms with E-state index in [2.05, 4.69) is 5.32 Å². The summed E-state index contributed by atoms with van der Waals surface area (Å²) in [4.78, 5) is 0.0240. The molecule has 0 radical (unpaired) electrons. The molecule has 21 heavy (non-hydrogen) atoms. The van der Waals surface area contributed by atoms with Crippen LogP contribution in [0.1, 0.15) is 11.1 Å². The Bertz CT molecular complexity index is 776. The van der Waals surface area contributed by atoms with Crippen LogP contribution < -0.4 is 10.5 Å². The fraction of sp³-hybridized carbons (Fsp3) is 0.143. The number of aryl methyl sites for hydroxylation is 1. The summed E-state index contributed by atoms with van der Waals surface area (Å²) in [6.45, 7) is 1.79. The Balaban J connectivity index is 2.23. The first-order chi connectivity index (χ1) is 9.77. The minimum absolute atomic E-state index is 0.0240. The van der Waals surface area contributed by atoms with Crippen molar-refractivity contribution in [1.82, 2.24) is 0 Å². The normalized spacial score (nSPS) is 11.4. The highest BCUT2D eigenvalue weighted by Gasteiger charge is 2.12. The number of nitrogens with one attached hydrogen (secondary N) is 1. The van der Waals surface area contributed by atoms with Gasteiger partial charge in [0.05, 0.1) is 4.90 Å². The number of phenolic OH excluding ortho intramolecular Hbond substituents is 1. The first-order valence-corrected chi connectivity index (χ1v) is 7.67. The minimum atomic E-state index is -3.80. The second-order valence-electron chi connectivity index (χ2n) is 4.65. The van der Waals surface area contributed by atoms with Crippen LogP contribution in [-0.2, 0) is 16.6 Å². The van der Waals surface area contributed by atoms with Crippen molar-refractivity contribution >= 4 is 15.7 Å². The number of sulfonamides is 1. The van der Waals surface area contributed by atoms with Crippen LogP contribution in [0.4, 0.5) is 10.1 Å². The number of anilines is 1. The van der Waals surface area contributed by atoms with E-state index in [1.165, 1.54) is 18.2 Å². The number of rotatable bonds is 4. The predicted octanol–water partition coefficient (Wildman–Crippen LogP) is 2.10. The number of hydrogen-bond acceptors (Lipinski definition) is 4. The molecule has 2 rings (SSSR count). The Labute approximate surface area is 122 Å². The average Bonchev–Trinajstić information content (AvgIpc) is 2.40. The zero-order chi connectivity index (χ0) is 15.6. The van der Waals surface area contributed by atoms with Gasteiger partial charge in [-0.15, -0.1) is 0 Å². The smallest absolute Gasteiger partial charge is 0.238 e. The molecule has 112 valence electrons. The molecule has 0 aliphatic rings. The molecule has 0 aliphatic carbocycles. The molecule has 2 aromatic carbocycles. The van der Waals surface area contributed by atoms with Gasteiger partial charge in [0.25, 0.3) is 0 Å². The Morgan fingerprint density at radius 1 is 1.24 bits per heavy atom. The fourth-order valence-corrected chi connectivity index (χ4v) is 2.72. The van der Waals surface area contributed by atoms with E-state index in [1.807, 2.05) is 0 Å². The summed E-state index contributed by atoms with van der Waals surface area (Å²) in [6, 6.07) is 8.33. The third kappa shape index (κ3) is 3.71. The highest BCUT2D eigenvalue weighted by Crippen LogP contribution is 2.22. The SMILES string of the molecule is Cc1ccc(NCc2cc(F)ccc2O)cc1S(N)(=O)=O. The maximum absolute atomic E-state index is 13.1. The van der Waals surface area contributed by atoms with Crippen molar-refractivity contribution in [3.8, 4) is 5.75 Å². The Morgan fingerprint density at radius 2 is 1.95 bits per heavy atom. The first kappa shape index (κ1) is 15.3. The monoisotopic (exact) mass is 310 g/mol. The lowest BCUT2D eigenvalue weighted by molar-refractivity contribution is 0.466. The van der Waals surface area contributed by atoms with Gasteiger partial charge in [-0.05, 0) is 42.8 Å². The highest BCUT2D eigenvalue weighted by molar-refractivity contribution is 7.89. The Kier molecular flexibility index (Phi) is 4.15. The number of aromatic hydroxyl groups is 1. The molecular weight excluding hydrogens is 295 g/mol. The molecule has 0 aliphatic heterocycles. The largest absolute Gasteiger partial charge is 0.508 e. The molecule has 2 aromatic rings. The molecule has 0 aromatic heterocycles. The van der Waals surface area contributed by atoms with Crippen LogP contribution in [0.5, 0.6) is 5.75 Å². The molecule has 0 heterocycles. The summed E-state index contributed by atoms with van der Waals surface area (Å²) in [5.74, 6) is -0.499. The lowest BCUT2D eigenvalue weighted by Gasteiger charge is -2.11. The number of phenols is 1. The molecule has 0 saturated carbocycles. The van der Waals surface area contributed by atoms with E-state index in [1.54, 1.807) is 19.1 Å². The van der Waals surface area contributed by atoms with Crippen LogP contribution >= 0.6 is 0 Å². The quantitative estimate of drug-likeness (QED) is 0.806. The van der Waals surface area contributed by atoms with Gasteiger partial charge in [0.2, 0.25) is 10.0 Å². The van der Waals surface area contributed by atoms with Gasteiger partial charge in [-0.3, -0.25) is 0 Å². The standard InChI is InChI=1S/C14H15FN2O3S/c1-9-2-4-12(7-14(9)21(16,19)20)17-8-10-6-11(15)3-5-13(10)18/h2-7,17-18H,8H2,1H3,(H2,16,19,20). The van der Waals surface area contributed by atoms with Gasteiger partial charge in [0.15, 0.2) is 0 Å². The Morgan fingerprint density at radius 3 is 2.62 bits per heavy atom. The van der Waals surface area contributed by atoms with Crippen molar-refractivity contribution in [2.45, 2.75) is 18.4 Å². The first-order valence-electron chi connectivity index (χ1n) is 6.12. The Hall–Kier alpha value is -2.12. The van der Waals surface area contributed by atoms with Gasteiger partial charge >= 0.3 is 0 Å². The summed E-state index contributed by atoms with van der Waals surface area (Å²) >= 11 is 0. The van der Waals surface area contributed by atoms with E-state index in [0.717, 1.165) is 6.07 Å². The van der Waals surface area contributed by atoms with Gasteiger partial charge in [-0.1, -0.05) is 6.07 Å². The summed E-state index contributed by atoms with van der Waals surface area (Å²) in [5.41, 5.74) is 1.41. The van der Waals surface area contributed by atoms with E-state index in [9.17, 15) is 17.9 Å². The van der Waals surface area contributed by atoms with Crippen molar-refractivity contribution in [3.05, 3.63) is 53.3 Å². The molecule has 0 fully saturated rings. The highest BCUT2D eigenvalue weighted by atomic mass is 32.2. The van der Waals surface area contributed by atoms with E-state index >= 15 is 0 Å². The van der Waals surface area contributed by atoms with Crippen LogP contribution in [0, 0.1) is 12.7 Å². The maximum Gasteiger partial charge on any atom is 0.238 e. The number of halogens is 1. The van der Waals surface area contributed by atoms with Crippen LogP contribution in [0.15, 0.2) is 41.3 Å². The van der Waals surface area contributed by atoms with Crippen LogP contribution in [0.2, 0.25) is 0 Å². The summed E-state index contributed by atoms with van der Waals surface area (Å²) in [6.07, 6.45) is 0.